The number of carboxylic acids is 1. The average molecular weight is 200 g/mol. The van der Waals surface area contributed by atoms with E-state index < -0.39 is 5.97 Å². The van der Waals surface area contributed by atoms with Crippen LogP contribution in [0.4, 0.5) is 0 Å². The third-order valence-corrected chi connectivity index (χ3v) is 1.74. The molecule has 0 aromatic carbocycles. The van der Waals surface area contributed by atoms with Crippen LogP contribution in [0.25, 0.3) is 0 Å². The minimum atomic E-state index is -1.06. The summed E-state index contributed by atoms with van der Waals surface area (Å²) in [5.74, 6) is -0.802. The summed E-state index contributed by atoms with van der Waals surface area (Å²) in [7, 11) is 2.95. The van der Waals surface area contributed by atoms with Crippen LogP contribution in [0.3, 0.4) is 0 Å². The lowest BCUT2D eigenvalue weighted by molar-refractivity contribution is 0.0676. The third-order valence-electron chi connectivity index (χ3n) is 1.74. The van der Waals surface area contributed by atoms with E-state index in [1.54, 1.807) is 7.11 Å². The maximum absolute atomic E-state index is 10.8. The molecule has 0 aliphatic carbocycles. The van der Waals surface area contributed by atoms with Crippen molar-refractivity contribution in [3.63, 3.8) is 0 Å². The molecule has 0 atom stereocenters. The molecule has 0 radical (unpaired) electrons. The summed E-state index contributed by atoms with van der Waals surface area (Å²) in [5.41, 5.74) is 0.0459. The topological polar surface area (TPSA) is 73.6 Å². The number of aromatic nitrogens is 2. The summed E-state index contributed by atoms with van der Waals surface area (Å²) >= 11 is 0. The van der Waals surface area contributed by atoms with Gasteiger partial charge in [0.2, 0.25) is 0 Å². The van der Waals surface area contributed by atoms with Gasteiger partial charge in [-0.25, -0.2) is 4.79 Å². The normalized spacial score (nSPS) is 10.1. The van der Waals surface area contributed by atoms with Gasteiger partial charge in [-0.05, 0) is 0 Å². The van der Waals surface area contributed by atoms with E-state index in [2.05, 4.69) is 5.10 Å². The van der Waals surface area contributed by atoms with Crippen LogP contribution in [-0.2, 0) is 11.3 Å². The third kappa shape index (κ3) is 2.02. The van der Waals surface area contributed by atoms with Crippen LogP contribution in [-0.4, -0.2) is 41.7 Å². The lowest BCUT2D eigenvalue weighted by Gasteiger charge is -2.03. The van der Waals surface area contributed by atoms with Gasteiger partial charge in [-0.2, -0.15) is 5.10 Å². The molecule has 6 heteroatoms. The highest BCUT2D eigenvalue weighted by atomic mass is 16.5. The number of nitrogens with zero attached hydrogens (tertiary/aromatic N) is 2. The standard InChI is InChI=1S/C8H12N2O4/c1-13-4-3-10-7(8(11)12)6(14-2)5-9-10/h5H,3-4H2,1-2H3,(H,11,12). The summed E-state index contributed by atoms with van der Waals surface area (Å²) < 4.78 is 11.0. The van der Waals surface area contributed by atoms with E-state index in [1.165, 1.54) is 18.0 Å². The molecular formula is C8H12N2O4. The summed E-state index contributed by atoms with van der Waals surface area (Å²) in [4.78, 5) is 10.8. The van der Waals surface area contributed by atoms with Gasteiger partial charge in [0.25, 0.3) is 0 Å². The highest BCUT2D eigenvalue weighted by Crippen LogP contribution is 2.16. The van der Waals surface area contributed by atoms with Gasteiger partial charge < -0.3 is 14.6 Å². The molecule has 78 valence electrons. The number of hydrogen-bond acceptors (Lipinski definition) is 4. The van der Waals surface area contributed by atoms with Crippen molar-refractivity contribution in [2.24, 2.45) is 0 Å². The molecule has 0 saturated carbocycles. The lowest BCUT2D eigenvalue weighted by Crippen LogP contribution is -2.13. The molecule has 1 aromatic rings. The fourth-order valence-electron chi connectivity index (χ4n) is 1.08. The van der Waals surface area contributed by atoms with E-state index in [0.717, 1.165) is 0 Å². The Morgan fingerprint density at radius 3 is 2.86 bits per heavy atom. The molecule has 6 nitrogen and oxygen atoms in total. The zero-order valence-electron chi connectivity index (χ0n) is 8.06. The zero-order chi connectivity index (χ0) is 10.6. The molecular weight excluding hydrogens is 188 g/mol. The van der Waals surface area contributed by atoms with Gasteiger partial charge in [0.1, 0.15) is 0 Å². The number of carboxylic acid groups (broad SMARTS) is 1. The number of ether oxygens (including phenoxy) is 2. The molecule has 14 heavy (non-hydrogen) atoms. The van der Waals surface area contributed by atoms with Crippen LogP contribution in [0, 0.1) is 0 Å². The van der Waals surface area contributed by atoms with Crippen molar-refractivity contribution >= 4 is 5.97 Å². The van der Waals surface area contributed by atoms with E-state index in [1.807, 2.05) is 0 Å². The molecule has 0 fully saturated rings. The van der Waals surface area contributed by atoms with Crippen molar-refractivity contribution < 1.29 is 19.4 Å². The highest BCUT2D eigenvalue weighted by molar-refractivity contribution is 5.88. The molecule has 1 rings (SSSR count). The first-order chi connectivity index (χ1) is 6.70. The first-order valence-electron chi connectivity index (χ1n) is 4.02. The van der Waals surface area contributed by atoms with Crippen molar-refractivity contribution in [3.05, 3.63) is 11.9 Å². The number of rotatable bonds is 5. The Bertz CT molecular complexity index is 321. The smallest absolute Gasteiger partial charge is 0.358 e. The maximum atomic E-state index is 10.8. The summed E-state index contributed by atoms with van der Waals surface area (Å²) in [6, 6.07) is 0. The van der Waals surface area contributed by atoms with Crippen LogP contribution in [0.2, 0.25) is 0 Å². The second kappa shape index (κ2) is 4.61. The van der Waals surface area contributed by atoms with Crippen molar-refractivity contribution in [3.8, 4) is 5.75 Å². The molecule has 1 N–H and O–H groups in total. The zero-order valence-corrected chi connectivity index (χ0v) is 8.06. The van der Waals surface area contributed by atoms with Gasteiger partial charge in [0.05, 0.1) is 26.5 Å². The van der Waals surface area contributed by atoms with E-state index in [9.17, 15) is 4.79 Å². The largest absolute Gasteiger partial charge is 0.493 e. The molecule has 0 unspecified atom stereocenters. The van der Waals surface area contributed by atoms with Gasteiger partial charge in [0, 0.05) is 7.11 Å². The molecule has 1 heterocycles. The Kier molecular flexibility index (Phi) is 3.47. The van der Waals surface area contributed by atoms with E-state index in [4.69, 9.17) is 14.6 Å². The minimum absolute atomic E-state index is 0.0459. The fraction of sp³-hybridized carbons (Fsp3) is 0.500. The van der Waals surface area contributed by atoms with Gasteiger partial charge in [-0.1, -0.05) is 0 Å². The first kappa shape index (κ1) is 10.5. The van der Waals surface area contributed by atoms with Crippen LogP contribution >= 0.6 is 0 Å². The van der Waals surface area contributed by atoms with Crippen LogP contribution in [0.15, 0.2) is 6.20 Å². The second-order valence-corrected chi connectivity index (χ2v) is 2.58. The Labute approximate surface area is 81.0 Å². The van der Waals surface area contributed by atoms with E-state index in [0.29, 0.717) is 13.2 Å². The van der Waals surface area contributed by atoms with Crippen molar-refractivity contribution in [2.45, 2.75) is 6.54 Å². The van der Waals surface area contributed by atoms with Crippen LogP contribution < -0.4 is 4.74 Å². The highest BCUT2D eigenvalue weighted by Gasteiger charge is 2.17. The van der Waals surface area contributed by atoms with Crippen LogP contribution in [0.1, 0.15) is 10.5 Å². The van der Waals surface area contributed by atoms with Gasteiger partial charge in [-0.15, -0.1) is 0 Å². The molecule has 0 spiro atoms. The Morgan fingerprint density at radius 1 is 1.64 bits per heavy atom. The average Bonchev–Trinajstić information content (AvgIpc) is 2.57. The molecule has 0 amide bonds. The van der Waals surface area contributed by atoms with Crippen molar-refractivity contribution in [1.82, 2.24) is 9.78 Å². The van der Waals surface area contributed by atoms with Crippen LogP contribution in [0.5, 0.6) is 5.75 Å². The van der Waals surface area contributed by atoms with Gasteiger partial charge >= 0.3 is 5.97 Å². The van der Waals surface area contributed by atoms with E-state index in [-0.39, 0.29) is 11.4 Å². The molecule has 0 aliphatic heterocycles. The predicted octanol–water partition coefficient (Wildman–Crippen LogP) is 0.236. The Morgan fingerprint density at radius 2 is 2.36 bits per heavy atom. The molecule has 1 aromatic heterocycles. The second-order valence-electron chi connectivity index (χ2n) is 2.58. The number of hydrogen-bond donors (Lipinski definition) is 1. The fourth-order valence-corrected chi connectivity index (χ4v) is 1.08. The molecule has 0 saturated heterocycles. The maximum Gasteiger partial charge on any atom is 0.358 e. The predicted molar refractivity (Wildman–Crippen MR) is 47.6 cm³/mol. The van der Waals surface area contributed by atoms with E-state index >= 15 is 0 Å². The van der Waals surface area contributed by atoms with Gasteiger partial charge in [-0.3, -0.25) is 4.68 Å². The Balaban J connectivity index is 2.92. The monoisotopic (exact) mass is 200 g/mol. The summed E-state index contributed by atoms with van der Waals surface area (Å²) in [5, 5.41) is 12.8. The number of methoxy groups -OCH3 is 2. The molecule has 0 aliphatic rings. The number of aromatic carboxylic acids is 1. The first-order valence-corrected chi connectivity index (χ1v) is 4.02. The quantitative estimate of drug-likeness (QED) is 0.736. The van der Waals surface area contributed by atoms with Crippen molar-refractivity contribution in [1.29, 1.82) is 0 Å². The summed E-state index contributed by atoms with van der Waals surface area (Å²) in [6.07, 6.45) is 1.37. The number of carbonyl (C=O) groups is 1. The SMILES string of the molecule is COCCn1ncc(OC)c1C(=O)O. The Hall–Kier alpha value is -1.56. The minimum Gasteiger partial charge on any atom is -0.493 e. The summed E-state index contributed by atoms with van der Waals surface area (Å²) in [6.45, 7) is 0.798. The molecule has 0 bridgehead atoms. The van der Waals surface area contributed by atoms with Gasteiger partial charge in [0.15, 0.2) is 11.4 Å². The van der Waals surface area contributed by atoms with Crippen molar-refractivity contribution in [2.75, 3.05) is 20.8 Å². The lowest BCUT2D eigenvalue weighted by atomic mass is 10.4.